The molecule has 0 bridgehead atoms. The van der Waals surface area contributed by atoms with Gasteiger partial charge in [-0.1, -0.05) is 0 Å². The Labute approximate surface area is 159 Å². The summed E-state index contributed by atoms with van der Waals surface area (Å²) in [6, 6.07) is 9.71. The summed E-state index contributed by atoms with van der Waals surface area (Å²) in [6.45, 7) is 0. The van der Waals surface area contributed by atoms with Crippen LogP contribution in [0.3, 0.4) is 0 Å². The fraction of sp³-hybridized carbons (Fsp3) is 0.118. The molecule has 0 fully saturated rings. The number of ether oxygens (including phenoxy) is 2. The van der Waals surface area contributed by atoms with Gasteiger partial charge in [-0.15, -0.1) is 0 Å². The average molecular weight is 389 g/mol. The average Bonchev–Trinajstić information content (AvgIpc) is 2.67. The number of nitro benzene ring substituents is 1. The van der Waals surface area contributed by atoms with Crippen molar-refractivity contribution in [1.82, 2.24) is 5.32 Å². The molecular weight excluding hydrogens is 374 g/mol. The summed E-state index contributed by atoms with van der Waals surface area (Å²) >= 11 is 5.07. The Kier molecular flexibility index (Phi) is 6.39. The first kappa shape index (κ1) is 19.8. The third kappa shape index (κ3) is 4.98. The van der Waals surface area contributed by atoms with Gasteiger partial charge in [-0.3, -0.25) is 20.2 Å². The zero-order chi connectivity index (χ0) is 20.0. The predicted octanol–water partition coefficient (Wildman–Crippen LogP) is 2.52. The molecule has 0 atom stereocenters. The topological polar surface area (TPSA) is 120 Å². The lowest BCUT2D eigenvalue weighted by atomic mass is 10.1. The van der Waals surface area contributed by atoms with Crippen LogP contribution in [0, 0.1) is 10.1 Å². The number of benzene rings is 2. The number of hydrogen-bond donors (Lipinski definition) is 2. The number of nitro groups is 1. The second kappa shape index (κ2) is 8.72. The van der Waals surface area contributed by atoms with Crippen LogP contribution < -0.4 is 15.4 Å². The molecule has 0 radical (unpaired) electrons. The number of esters is 1. The van der Waals surface area contributed by atoms with Gasteiger partial charge >= 0.3 is 5.97 Å². The van der Waals surface area contributed by atoms with Crippen molar-refractivity contribution in [2.24, 2.45) is 0 Å². The Morgan fingerprint density at radius 3 is 2.26 bits per heavy atom. The van der Waals surface area contributed by atoms with Gasteiger partial charge in [-0.25, -0.2) is 4.79 Å². The number of amides is 1. The Morgan fingerprint density at radius 2 is 1.70 bits per heavy atom. The summed E-state index contributed by atoms with van der Waals surface area (Å²) in [5.41, 5.74) is 0.637. The van der Waals surface area contributed by atoms with Crippen LogP contribution in [0.4, 0.5) is 11.4 Å². The number of non-ortho nitro benzene ring substituents is 1. The number of nitrogens with zero attached hydrogens (tertiary/aromatic N) is 1. The molecule has 0 saturated heterocycles. The molecule has 0 aliphatic rings. The Balaban J connectivity index is 2.09. The lowest BCUT2D eigenvalue weighted by Crippen LogP contribution is -2.34. The van der Waals surface area contributed by atoms with E-state index in [1.165, 1.54) is 56.7 Å². The number of carbonyl (C=O) groups excluding carboxylic acids is 2. The van der Waals surface area contributed by atoms with Crippen LogP contribution in [0.1, 0.15) is 20.7 Å². The van der Waals surface area contributed by atoms with Crippen LogP contribution in [0.5, 0.6) is 5.75 Å². The molecule has 2 N–H and O–H groups in total. The summed E-state index contributed by atoms with van der Waals surface area (Å²) in [7, 11) is 2.66. The molecule has 140 valence electrons. The van der Waals surface area contributed by atoms with Gasteiger partial charge in [0.25, 0.3) is 11.6 Å². The first-order valence-corrected chi connectivity index (χ1v) is 7.89. The van der Waals surface area contributed by atoms with Crippen LogP contribution in [-0.4, -0.2) is 36.1 Å². The van der Waals surface area contributed by atoms with E-state index in [2.05, 4.69) is 15.4 Å². The van der Waals surface area contributed by atoms with Crippen molar-refractivity contribution < 1.29 is 24.0 Å². The molecule has 2 rings (SSSR count). The lowest BCUT2D eigenvalue weighted by molar-refractivity contribution is -0.384. The summed E-state index contributed by atoms with van der Waals surface area (Å²) in [6.07, 6.45) is 0. The van der Waals surface area contributed by atoms with E-state index in [4.69, 9.17) is 17.0 Å². The third-order valence-corrected chi connectivity index (χ3v) is 3.64. The molecule has 0 unspecified atom stereocenters. The lowest BCUT2D eigenvalue weighted by Gasteiger charge is -2.12. The number of anilines is 1. The minimum Gasteiger partial charge on any atom is -0.495 e. The van der Waals surface area contributed by atoms with Gasteiger partial charge in [-0.05, 0) is 42.5 Å². The fourth-order valence-electron chi connectivity index (χ4n) is 2.11. The normalized spacial score (nSPS) is 9.85. The molecule has 0 aliphatic heterocycles. The summed E-state index contributed by atoms with van der Waals surface area (Å²) in [5.74, 6) is -0.718. The molecule has 0 aromatic heterocycles. The first-order valence-electron chi connectivity index (χ1n) is 7.49. The van der Waals surface area contributed by atoms with E-state index in [0.29, 0.717) is 11.3 Å². The van der Waals surface area contributed by atoms with Crippen LogP contribution in [-0.2, 0) is 4.74 Å². The number of methoxy groups -OCH3 is 2. The zero-order valence-corrected chi connectivity index (χ0v) is 15.2. The van der Waals surface area contributed by atoms with Crippen LogP contribution in [0.25, 0.3) is 0 Å². The highest BCUT2D eigenvalue weighted by atomic mass is 32.1. The van der Waals surface area contributed by atoms with Gasteiger partial charge in [0.05, 0.1) is 30.4 Å². The fourth-order valence-corrected chi connectivity index (χ4v) is 2.31. The Bertz CT molecular complexity index is 898. The highest BCUT2D eigenvalue weighted by molar-refractivity contribution is 7.80. The van der Waals surface area contributed by atoms with Gasteiger partial charge < -0.3 is 14.8 Å². The highest BCUT2D eigenvalue weighted by Gasteiger charge is 2.14. The maximum absolute atomic E-state index is 12.2. The molecule has 0 aliphatic carbocycles. The largest absolute Gasteiger partial charge is 0.495 e. The molecule has 0 heterocycles. The Morgan fingerprint density at radius 1 is 1.07 bits per heavy atom. The quantitative estimate of drug-likeness (QED) is 0.346. The highest BCUT2D eigenvalue weighted by Crippen LogP contribution is 2.28. The minimum atomic E-state index is -0.560. The van der Waals surface area contributed by atoms with Gasteiger partial charge in [0, 0.05) is 17.7 Å². The van der Waals surface area contributed by atoms with Crippen LogP contribution in [0.2, 0.25) is 0 Å². The maximum atomic E-state index is 12.2. The van der Waals surface area contributed by atoms with Crippen molar-refractivity contribution in [3.8, 4) is 5.75 Å². The van der Waals surface area contributed by atoms with Crippen molar-refractivity contribution in [3.05, 3.63) is 63.7 Å². The van der Waals surface area contributed by atoms with E-state index < -0.39 is 16.8 Å². The summed E-state index contributed by atoms with van der Waals surface area (Å²) in [4.78, 5) is 34.0. The molecule has 9 nitrogen and oxygen atoms in total. The second-order valence-corrected chi connectivity index (χ2v) is 5.53. The predicted molar refractivity (Wildman–Crippen MR) is 101 cm³/mol. The van der Waals surface area contributed by atoms with Crippen molar-refractivity contribution >= 4 is 40.6 Å². The van der Waals surface area contributed by atoms with Crippen LogP contribution >= 0.6 is 12.2 Å². The molecule has 1 amide bonds. The van der Waals surface area contributed by atoms with Gasteiger partial charge in [0.15, 0.2) is 5.11 Å². The molecule has 2 aromatic rings. The monoisotopic (exact) mass is 389 g/mol. The zero-order valence-electron chi connectivity index (χ0n) is 14.3. The number of thiocarbonyl (C=S) groups is 1. The first-order chi connectivity index (χ1) is 12.8. The molecule has 27 heavy (non-hydrogen) atoms. The molecule has 10 heteroatoms. The SMILES string of the molecule is COC(=O)c1ccc(C(=O)NC(=S)Nc2cc([N+](=O)[O-])ccc2OC)cc1. The van der Waals surface area contributed by atoms with E-state index in [1.807, 2.05) is 0 Å². The van der Waals surface area contributed by atoms with E-state index in [9.17, 15) is 19.7 Å². The van der Waals surface area contributed by atoms with Gasteiger partial charge in [0.1, 0.15) is 5.75 Å². The molecule has 2 aromatic carbocycles. The van der Waals surface area contributed by atoms with E-state index in [0.717, 1.165) is 0 Å². The number of rotatable bonds is 5. The second-order valence-electron chi connectivity index (χ2n) is 5.12. The van der Waals surface area contributed by atoms with Gasteiger partial charge in [-0.2, -0.15) is 0 Å². The van der Waals surface area contributed by atoms with Crippen LogP contribution in [0.15, 0.2) is 42.5 Å². The molecule has 0 saturated carbocycles. The standard InChI is InChI=1S/C17H15N3O6S/c1-25-14-8-7-12(20(23)24)9-13(14)18-17(27)19-15(21)10-3-5-11(6-4-10)16(22)26-2/h3-9H,1-2H3,(H2,18,19,21,27). The van der Waals surface area contributed by atoms with Crippen molar-refractivity contribution in [3.63, 3.8) is 0 Å². The van der Waals surface area contributed by atoms with Crippen molar-refractivity contribution in [2.75, 3.05) is 19.5 Å². The minimum absolute atomic E-state index is 0.0733. The summed E-state index contributed by atoms with van der Waals surface area (Å²) < 4.78 is 9.70. The van der Waals surface area contributed by atoms with Crippen molar-refractivity contribution in [2.45, 2.75) is 0 Å². The maximum Gasteiger partial charge on any atom is 0.337 e. The van der Waals surface area contributed by atoms with E-state index >= 15 is 0 Å². The molecular formula is C17H15N3O6S. The van der Waals surface area contributed by atoms with Crippen molar-refractivity contribution in [1.29, 1.82) is 0 Å². The third-order valence-electron chi connectivity index (χ3n) is 3.44. The number of carbonyl (C=O) groups is 2. The summed E-state index contributed by atoms with van der Waals surface area (Å²) in [5, 5.41) is 16.0. The van der Waals surface area contributed by atoms with Gasteiger partial charge in [0.2, 0.25) is 0 Å². The molecule has 0 spiro atoms. The Hall–Kier alpha value is -3.53. The van der Waals surface area contributed by atoms with E-state index in [-0.39, 0.29) is 22.1 Å². The van der Waals surface area contributed by atoms with E-state index in [1.54, 1.807) is 0 Å². The number of hydrogen-bond acceptors (Lipinski definition) is 7. The smallest absolute Gasteiger partial charge is 0.337 e. The number of nitrogens with one attached hydrogen (secondary N) is 2.